The van der Waals surface area contributed by atoms with E-state index in [2.05, 4.69) is 34.0 Å². The largest absolute Gasteiger partial charge is 0.378 e. The molecule has 0 saturated carbocycles. The van der Waals surface area contributed by atoms with Crippen molar-refractivity contribution in [2.24, 2.45) is 0 Å². The number of hydrogen-bond acceptors (Lipinski definition) is 7. The molecule has 130 valence electrons. The van der Waals surface area contributed by atoms with Crippen LogP contribution in [0.2, 0.25) is 0 Å². The van der Waals surface area contributed by atoms with Crippen molar-refractivity contribution in [3.05, 3.63) is 26.7 Å². The number of morpholine rings is 1. The standard InChI is InChI=1S/C16H22N4O2S2/c1-10(2)15-18-11(3)13(24-15)14(21)17-8-12-9-23-16(19-12)20-4-6-22-7-5-20/h9-10H,4-8H2,1-3H3,(H,17,21). The molecule has 2 aromatic heterocycles. The van der Waals surface area contributed by atoms with E-state index in [-0.39, 0.29) is 5.91 Å². The van der Waals surface area contributed by atoms with Gasteiger partial charge in [-0.25, -0.2) is 9.97 Å². The van der Waals surface area contributed by atoms with Crippen molar-refractivity contribution in [2.75, 3.05) is 31.2 Å². The van der Waals surface area contributed by atoms with Crippen molar-refractivity contribution in [2.45, 2.75) is 33.2 Å². The molecule has 8 heteroatoms. The van der Waals surface area contributed by atoms with Crippen LogP contribution in [0.5, 0.6) is 0 Å². The number of nitrogens with zero attached hydrogens (tertiary/aromatic N) is 3. The fourth-order valence-electron chi connectivity index (χ4n) is 2.40. The summed E-state index contributed by atoms with van der Waals surface area (Å²) in [6.45, 7) is 9.73. The Balaban J connectivity index is 1.59. The number of hydrogen-bond donors (Lipinski definition) is 1. The molecule has 2 aromatic rings. The second-order valence-electron chi connectivity index (χ2n) is 6.02. The summed E-state index contributed by atoms with van der Waals surface area (Å²) >= 11 is 3.09. The Kier molecular flexibility index (Phi) is 5.47. The number of carbonyl (C=O) groups is 1. The molecule has 1 N–H and O–H groups in total. The topological polar surface area (TPSA) is 67.4 Å². The minimum absolute atomic E-state index is 0.0715. The summed E-state index contributed by atoms with van der Waals surface area (Å²) in [7, 11) is 0. The van der Waals surface area contributed by atoms with Crippen molar-refractivity contribution in [1.29, 1.82) is 0 Å². The first-order valence-corrected chi connectivity index (χ1v) is 9.77. The Labute approximate surface area is 149 Å². The van der Waals surface area contributed by atoms with E-state index < -0.39 is 0 Å². The molecule has 3 heterocycles. The van der Waals surface area contributed by atoms with Crippen LogP contribution >= 0.6 is 22.7 Å². The lowest BCUT2D eigenvalue weighted by Gasteiger charge is -2.26. The number of amides is 1. The Hall–Kier alpha value is -1.51. The third-order valence-electron chi connectivity index (χ3n) is 3.76. The maximum Gasteiger partial charge on any atom is 0.263 e. The van der Waals surface area contributed by atoms with Crippen LogP contribution in [-0.2, 0) is 11.3 Å². The van der Waals surface area contributed by atoms with Gasteiger partial charge in [0, 0.05) is 24.4 Å². The van der Waals surface area contributed by atoms with Crippen molar-refractivity contribution >= 4 is 33.7 Å². The number of carbonyl (C=O) groups excluding carboxylic acids is 1. The van der Waals surface area contributed by atoms with Gasteiger partial charge >= 0.3 is 0 Å². The van der Waals surface area contributed by atoms with E-state index in [1.54, 1.807) is 11.3 Å². The van der Waals surface area contributed by atoms with E-state index in [0.717, 1.165) is 47.8 Å². The van der Waals surface area contributed by atoms with Gasteiger partial charge in [0.25, 0.3) is 5.91 Å². The molecule has 1 amide bonds. The van der Waals surface area contributed by atoms with Crippen LogP contribution in [0.3, 0.4) is 0 Å². The fourth-order valence-corrected chi connectivity index (χ4v) is 4.27. The fraction of sp³-hybridized carbons (Fsp3) is 0.562. The van der Waals surface area contributed by atoms with Gasteiger partial charge in [-0.05, 0) is 6.92 Å². The Morgan fingerprint density at radius 1 is 1.38 bits per heavy atom. The lowest BCUT2D eigenvalue weighted by molar-refractivity contribution is 0.0953. The number of rotatable bonds is 5. The molecule has 0 spiro atoms. The zero-order valence-electron chi connectivity index (χ0n) is 14.2. The van der Waals surface area contributed by atoms with Gasteiger partial charge in [-0.15, -0.1) is 22.7 Å². The monoisotopic (exact) mass is 366 g/mol. The van der Waals surface area contributed by atoms with Gasteiger partial charge < -0.3 is 15.0 Å². The van der Waals surface area contributed by atoms with Crippen LogP contribution in [0.25, 0.3) is 0 Å². The molecule has 3 rings (SSSR count). The van der Waals surface area contributed by atoms with Crippen molar-refractivity contribution in [1.82, 2.24) is 15.3 Å². The molecule has 0 atom stereocenters. The van der Waals surface area contributed by atoms with Crippen LogP contribution in [0.15, 0.2) is 5.38 Å². The first-order valence-electron chi connectivity index (χ1n) is 8.07. The summed E-state index contributed by atoms with van der Waals surface area (Å²) < 4.78 is 5.36. The first-order chi connectivity index (χ1) is 11.5. The zero-order valence-corrected chi connectivity index (χ0v) is 15.8. The molecule has 0 bridgehead atoms. The van der Waals surface area contributed by atoms with E-state index >= 15 is 0 Å². The third kappa shape index (κ3) is 3.93. The second-order valence-corrected chi connectivity index (χ2v) is 7.89. The van der Waals surface area contributed by atoms with E-state index in [9.17, 15) is 4.79 Å². The molecule has 0 unspecified atom stereocenters. The number of aromatic nitrogens is 2. The molecule has 1 fully saturated rings. The molecule has 0 aromatic carbocycles. The molecule has 1 aliphatic rings. The minimum Gasteiger partial charge on any atom is -0.378 e. The lowest BCUT2D eigenvalue weighted by atomic mass is 10.2. The third-order valence-corrected chi connectivity index (χ3v) is 6.17. The van der Waals surface area contributed by atoms with Crippen LogP contribution in [0, 0.1) is 6.92 Å². The SMILES string of the molecule is Cc1nc(C(C)C)sc1C(=O)NCc1csc(N2CCOCC2)n1. The molecule has 0 radical (unpaired) electrons. The minimum atomic E-state index is -0.0715. The maximum atomic E-state index is 12.4. The Morgan fingerprint density at radius 3 is 2.79 bits per heavy atom. The van der Waals surface area contributed by atoms with Crippen LogP contribution < -0.4 is 10.2 Å². The van der Waals surface area contributed by atoms with Gasteiger partial charge in [-0.1, -0.05) is 13.8 Å². The predicted molar refractivity (Wildman–Crippen MR) is 97.3 cm³/mol. The van der Waals surface area contributed by atoms with E-state index in [0.29, 0.717) is 17.3 Å². The van der Waals surface area contributed by atoms with Crippen LogP contribution in [-0.4, -0.2) is 42.2 Å². The zero-order chi connectivity index (χ0) is 17.1. The van der Waals surface area contributed by atoms with Crippen molar-refractivity contribution in [3.63, 3.8) is 0 Å². The quantitative estimate of drug-likeness (QED) is 0.881. The average Bonchev–Trinajstić information content (AvgIpc) is 3.20. The molecule has 1 saturated heterocycles. The highest BCUT2D eigenvalue weighted by Crippen LogP contribution is 2.25. The van der Waals surface area contributed by atoms with E-state index in [1.807, 2.05) is 12.3 Å². The van der Waals surface area contributed by atoms with Gasteiger partial charge in [0.2, 0.25) is 0 Å². The van der Waals surface area contributed by atoms with Gasteiger partial charge in [-0.3, -0.25) is 4.79 Å². The van der Waals surface area contributed by atoms with E-state index in [4.69, 9.17) is 4.74 Å². The van der Waals surface area contributed by atoms with Crippen molar-refractivity contribution < 1.29 is 9.53 Å². The molecule has 6 nitrogen and oxygen atoms in total. The highest BCUT2D eigenvalue weighted by atomic mass is 32.1. The molecular weight excluding hydrogens is 344 g/mol. The number of thiazole rings is 2. The lowest BCUT2D eigenvalue weighted by Crippen LogP contribution is -2.36. The Bertz CT molecular complexity index is 705. The summed E-state index contributed by atoms with van der Waals surface area (Å²) in [5.74, 6) is 0.266. The summed E-state index contributed by atoms with van der Waals surface area (Å²) in [4.78, 5) is 24.4. The highest BCUT2D eigenvalue weighted by molar-refractivity contribution is 7.14. The maximum absolute atomic E-state index is 12.4. The summed E-state index contributed by atoms with van der Waals surface area (Å²) in [6, 6.07) is 0. The summed E-state index contributed by atoms with van der Waals surface area (Å²) in [5.41, 5.74) is 1.69. The van der Waals surface area contributed by atoms with Gasteiger partial charge in [-0.2, -0.15) is 0 Å². The summed E-state index contributed by atoms with van der Waals surface area (Å²) in [6.07, 6.45) is 0. The molecular formula is C16H22N4O2S2. The van der Waals surface area contributed by atoms with Crippen LogP contribution in [0.4, 0.5) is 5.13 Å². The Morgan fingerprint density at radius 2 is 2.12 bits per heavy atom. The van der Waals surface area contributed by atoms with Gasteiger partial charge in [0.1, 0.15) is 4.88 Å². The van der Waals surface area contributed by atoms with Gasteiger partial charge in [0.05, 0.1) is 36.2 Å². The molecule has 1 aliphatic heterocycles. The van der Waals surface area contributed by atoms with Crippen molar-refractivity contribution in [3.8, 4) is 0 Å². The smallest absolute Gasteiger partial charge is 0.263 e. The normalized spacial score (nSPS) is 15.1. The predicted octanol–water partition coefficient (Wildman–Crippen LogP) is 2.80. The van der Waals surface area contributed by atoms with Gasteiger partial charge in [0.15, 0.2) is 5.13 Å². The number of anilines is 1. The highest BCUT2D eigenvalue weighted by Gasteiger charge is 2.18. The van der Waals surface area contributed by atoms with E-state index in [1.165, 1.54) is 11.3 Å². The van der Waals surface area contributed by atoms with Crippen LogP contribution in [0.1, 0.15) is 45.8 Å². The number of aryl methyl sites for hydroxylation is 1. The summed E-state index contributed by atoms with van der Waals surface area (Å²) in [5, 5.41) is 6.96. The number of nitrogens with one attached hydrogen (secondary N) is 1. The first kappa shape index (κ1) is 17.3. The molecule has 24 heavy (non-hydrogen) atoms. The molecule has 0 aliphatic carbocycles. The average molecular weight is 367 g/mol. The second kappa shape index (κ2) is 7.58. The number of ether oxygens (including phenoxy) is 1.